The number of nitrogens with zero attached hydrogens (tertiary/aromatic N) is 3. The quantitative estimate of drug-likeness (QED) is 0.267. The first-order valence-electron chi connectivity index (χ1n) is 12.3. The fourth-order valence-electron chi connectivity index (χ4n) is 5.05. The number of hydrogen-bond donors (Lipinski definition) is 2. The Labute approximate surface area is 231 Å². The smallest absolute Gasteiger partial charge is 0.226 e. The molecule has 0 unspecified atom stereocenters. The van der Waals surface area contributed by atoms with Crippen LogP contribution in [0.25, 0.3) is 5.69 Å². The maximum Gasteiger partial charge on any atom is 0.226 e. The third kappa shape index (κ3) is 5.14. The summed E-state index contributed by atoms with van der Waals surface area (Å²) in [4.78, 5) is 19.4. The summed E-state index contributed by atoms with van der Waals surface area (Å²) in [5.74, 6) is -0.532. The average molecular weight is 548 g/mol. The molecule has 1 saturated heterocycles. The lowest BCUT2D eigenvalue weighted by molar-refractivity contribution is -0.116. The first kappa shape index (κ1) is 25.9. The van der Waals surface area contributed by atoms with Gasteiger partial charge in [0.05, 0.1) is 28.5 Å². The maximum absolute atomic E-state index is 13.2. The van der Waals surface area contributed by atoms with E-state index in [-0.39, 0.29) is 30.2 Å². The molecule has 1 fully saturated rings. The van der Waals surface area contributed by atoms with Gasteiger partial charge in [-0.3, -0.25) is 9.78 Å². The molecule has 3 heterocycles. The number of pyridine rings is 1. The minimum Gasteiger partial charge on any atom is -0.352 e. The molecule has 0 spiro atoms. The van der Waals surface area contributed by atoms with Gasteiger partial charge in [0.2, 0.25) is 5.91 Å². The Balaban J connectivity index is 1.47. The molecule has 0 saturated carbocycles. The SMILES string of the molecule is Cc1cc([C@@H]2[C@H](c3ccccn3)NC(=S)N2CCC(=O)Nc2ccc(F)cc2)c(C)n1-c1ccccc1Cl. The van der Waals surface area contributed by atoms with Gasteiger partial charge < -0.3 is 20.1 Å². The predicted molar refractivity (Wildman–Crippen MR) is 152 cm³/mol. The van der Waals surface area contributed by atoms with Crippen LogP contribution < -0.4 is 10.6 Å². The van der Waals surface area contributed by atoms with E-state index in [1.165, 1.54) is 12.1 Å². The van der Waals surface area contributed by atoms with Crippen molar-refractivity contribution in [3.05, 3.63) is 112 Å². The van der Waals surface area contributed by atoms with Gasteiger partial charge in [0.25, 0.3) is 0 Å². The van der Waals surface area contributed by atoms with Crippen molar-refractivity contribution >= 4 is 40.5 Å². The van der Waals surface area contributed by atoms with Gasteiger partial charge in [-0.05, 0) is 86.2 Å². The number of carbonyl (C=O) groups excluding carboxylic acids is 1. The van der Waals surface area contributed by atoms with E-state index in [9.17, 15) is 9.18 Å². The molecule has 1 aliphatic rings. The van der Waals surface area contributed by atoms with E-state index in [1.54, 1.807) is 18.3 Å². The molecule has 2 atom stereocenters. The zero-order chi connectivity index (χ0) is 26.8. The van der Waals surface area contributed by atoms with Crippen molar-refractivity contribution in [1.82, 2.24) is 19.8 Å². The van der Waals surface area contributed by atoms with E-state index in [0.29, 0.717) is 22.4 Å². The summed E-state index contributed by atoms with van der Waals surface area (Å²) in [6.45, 7) is 4.52. The monoisotopic (exact) mass is 547 g/mol. The topological polar surface area (TPSA) is 62.2 Å². The number of thiocarbonyl (C=S) groups is 1. The fourth-order valence-corrected chi connectivity index (χ4v) is 5.61. The van der Waals surface area contributed by atoms with Crippen LogP contribution in [-0.2, 0) is 4.79 Å². The van der Waals surface area contributed by atoms with Crippen molar-refractivity contribution < 1.29 is 9.18 Å². The van der Waals surface area contributed by atoms with Crippen LogP contribution in [0.5, 0.6) is 0 Å². The van der Waals surface area contributed by atoms with Crippen LogP contribution in [0.4, 0.5) is 10.1 Å². The first-order valence-corrected chi connectivity index (χ1v) is 13.1. The Morgan fingerprint density at radius 3 is 2.55 bits per heavy atom. The number of rotatable bonds is 7. The first-order chi connectivity index (χ1) is 18.3. The lowest BCUT2D eigenvalue weighted by Gasteiger charge is -2.28. The Morgan fingerprint density at radius 2 is 1.84 bits per heavy atom. The second kappa shape index (κ2) is 10.9. The molecule has 4 aromatic rings. The lowest BCUT2D eigenvalue weighted by Crippen LogP contribution is -2.32. The molecule has 2 aromatic carbocycles. The van der Waals surface area contributed by atoms with E-state index in [1.807, 2.05) is 42.5 Å². The number of anilines is 1. The van der Waals surface area contributed by atoms with Crippen molar-refractivity contribution in [2.45, 2.75) is 32.4 Å². The largest absolute Gasteiger partial charge is 0.352 e. The standard InChI is InChI=1S/C29H27ClFN5OS/c1-18-17-22(19(2)36(18)25-9-4-3-7-23(25)30)28-27(24-8-5-6-15-32-24)34-29(38)35(28)16-14-26(37)33-21-12-10-20(31)11-13-21/h3-13,15,17,27-28H,14,16H2,1-2H3,(H,33,37)(H,34,38)/t27-,28+/m0/s1. The van der Waals surface area contributed by atoms with E-state index < -0.39 is 0 Å². The molecule has 1 amide bonds. The second-order valence-corrected chi connectivity index (χ2v) is 10.0. The summed E-state index contributed by atoms with van der Waals surface area (Å²) < 4.78 is 15.4. The van der Waals surface area contributed by atoms with Crippen molar-refractivity contribution in [2.75, 3.05) is 11.9 Å². The van der Waals surface area contributed by atoms with Crippen molar-refractivity contribution in [2.24, 2.45) is 0 Å². The van der Waals surface area contributed by atoms with Gasteiger partial charge in [-0.15, -0.1) is 0 Å². The number of amides is 1. The molecular weight excluding hydrogens is 521 g/mol. The molecule has 2 aromatic heterocycles. The Kier molecular flexibility index (Phi) is 7.44. The molecule has 0 bridgehead atoms. The number of halogens is 2. The highest BCUT2D eigenvalue weighted by atomic mass is 35.5. The summed E-state index contributed by atoms with van der Waals surface area (Å²) in [6, 6.07) is 21.0. The van der Waals surface area contributed by atoms with Crippen molar-refractivity contribution in [3.8, 4) is 5.69 Å². The lowest BCUT2D eigenvalue weighted by atomic mass is 9.96. The minimum atomic E-state index is -0.353. The third-order valence-electron chi connectivity index (χ3n) is 6.79. The number of aromatic nitrogens is 2. The summed E-state index contributed by atoms with van der Waals surface area (Å²) in [7, 11) is 0. The minimum absolute atomic E-state index is 0.180. The van der Waals surface area contributed by atoms with E-state index in [2.05, 4.69) is 45.0 Å². The molecule has 2 N–H and O–H groups in total. The molecule has 9 heteroatoms. The van der Waals surface area contributed by atoms with Gasteiger partial charge in [-0.25, -0.2) is 4.39 Å². The maximum atomic E-state index is 13.2. The third-order valence-corrected chi connectivity index (χ3v) is 7.46. The highest BCUT2D eigenvalue weighted by Crippen LogP contribution is 2.41. The number of carbonyl (C=O) groups is 1. The van der Waals surface area contributed by atoms with Crippen LogP contribution in [0.3, 0.4) is 0 Å². The van der Waals surface area contributed by atoms with E-state index in [4.69, 9.17) is 23.8 Å². The van der Waals surface area contributed by atoms with Crippen LogP contribution in [0.1, 0.15) is 41.1 Å². The van der Waals surface area contributed by atoms with Crippen molar-refractivity contribution in [1.29, 1.82) is 0 Å². The molecule has 5 rings (SSSR count). The molecular formula is C29H27ClFN5OS. The van der Waals surface area contributed by atoms with Gasteiger partial charge in [0.15, 0.2) is 5.11 Å². The Hall–Kier alpha value is -3.75. The normalized spacial score (nSPS) is 16.9. The van der Waals surface area contributed by atoms with Gasteiger partial charge in [-0.2, -0.15) is 0 Å². The number of para-hydroxylation sites is 1. The van der Waals surface area contributed by atoms with Crippen LogP contribution in [0, 0.1) is 19.7 Å². The summed E-state index contributed by atoms with van der Waals surface area (Å²) >= 11 is 12.3. The molecule has 0 radical (unpaired) electrons. The van der Waals surface area contributed by atoms with Crippen LogP contribution in [0.15, 0.2) is 79.0 Å². The zero-order valence-corrected chi connectivity index (χ0v) is 22.6. The van der Waals surface area contributed by atoms with Crippen molar-refractivity contribution in [3.63, 3.8) is 0 Å². The highest BCUT2D eigenvalue weighted by Gasteiger charge is 2.41. The Morgan fingerprint density at radius 1 is 1.11 bits per heavy atom. The van der Waals surface area contributed by atoms with Crippen LogP contribution in [-0.4, -0.2) is 32.0 Å². The molecule has 194 valence electrons. The average Bonchev–Trinajstić information content (AvgIpc) is 3.39. The summed E-state index contributed by atoms with van der Waals surface area (Å²) in [6.07, 6.45) is 1.97. The number of nitrogens with one attached hydrogen (secondary N) is 2. The van der Waals surface area contributed by atoms with Gasteiger partial charge >= 0.3 is 0 Å². The van der Waals surface area contributed by atoms with Gasteiger partial charge in [0.1, 0.15) is 5.82 Å². The van der Waals surface area contributed by atoms with Crippen LogP contribution >= 0.6 is 23.8 Å². The zero-order valence-electron chi connectivity index (χ0n) is 21.0. The number of benzene rings is 2. The Bertz CT molecular complexity index is 1470. The fraction of sp³-hybridized carbons (Fsp3) is 0.207. The summed E-state index contributed by atoms with van der Waals surface area (Å²) in [5, 5.41) is 7.49. The predicted octanol–water partition coefficient (Wildman–Crippen LogP) is 6.28. The highest BCUT2D eigenvalue weighted by molar-refractivity contribution is 7.80. The molecule has 0 aliphatic carbocycles. The van der Waals surface area contributed by atoms with Gasteiger partial charge in [-0.1, -0.05) is 29.8 Å². The molecule has 6 nitrogen and oxygen atoms in total. The summed E-state index contributed by atoms with van der Waals surface area (Å²) in [5.41, 5.74) is 5.46. The van der Waals surface area contributed by atoms with E-state index >= 15 is 0 Å². The number of hydrogen-bond acceptors (Lipinski definition) is 3. The molecule has 1 aliphatic heterocycles. The molecule has 38 heavy (non-hydrogen) atoms. The number of aryl methyl sites for hydroxylation is 1. The van der Waals surface area contributed by atoms with Crippen LogP contribution in [0.2, 0.25) is 5.02 Å². The van der Waals surface area contributed by atoms with E-state index in [0.717, 1.165) is 28.3 Å². The van der Waals surface area contributed by atoms with Gasteiger partial charge in [0, 0.05) is 36.2 Å². The second-order valence-electron chi connectivity index (χ2n) is 9.24.